The minimum atomic E-state index is 0.108. The summed E-state index contributed by atoms with van der Waals surface area (Å²) in [6.45, 7) is 2.86. The number of carbonyl (C=O) groups is 1. The van der Waals surface area contributed by atoms with E-state index in [1.165, 1.54) is 0 Å². The summed E-state index contributed by atoms with van der Waals surface area (Å²) < 4.78 is 0. The number of ketones is 1. The number of nitrogens with one attached hydrogen (secondary N) is 1. The Kier molecular flexibility index (Phi) is 2.63. The Balaban J connectivity index is 2.40. The Morgan fingerprint density at radius 3 is 3.00 bits per heavy atom. The summed E-state index contributed by atoms with van der Waals surface area (Å²) in [5.41, 5.74) is 0. The maximum Gasteiger partial charge on any atom is 0.172 e. The van der Waals surface area contributed by atoms with Gasteiger partial charge in [-0.2, -0.15) is 0 Å². The summed E-state index contributed by atoms with van der Waals surface area (Å²) in [6, 6.07) is 0.108. The van der Waals surface area contributed by atoms with Gasteiger partial charge in [0.05, 0.1) is 6.04 Å². The minimum Gasteiger partial charge on any atom is -0.307 e. The maximum atomic E-state index is 11.1. The Morgan fingerprint density at radius 1 is 1.70 bits per heavy atom. The topological polar surface area (TPSA) is 29.1 Å². The molecule has 0 aromatic rings. The van der Waals surface area contributed by atoms with Gasteiger partial charge in [0.1, 0.15) is 0 Å². The molecule has 0 unspecified atom stereocenters. The molecule has 1 saturated heterocycles. The lowest BCUT2D eigenvalue weighted by atomic mass is 10.1. The molecule has 1 aliphatic heterocycles. The van der Waals surface area contributed by atoms with Crippen molar-refractivity contribution in [2.45, 2.75) is 25.8 Å². The molecule has 0 amide bonds. The summed E-state index contributed by atoms with van der Waals surface area (Å²) in [5, 5.41) is 3.14. The van der Waals surface area contributed by atoms with Gasteiger partial charge < -0.3 is 5.32 Å². The summed E-state index contributed by atoms with van der Waals surface area (Å²) in [7, 11) is 0. The Labute approximate surface area is 61.3 Å². The highest BCUT2D eigenvalue weighted by Crippen LogP contribution is 2.05. The van der Waals surface area contributed by atoms with Crippen LogP contribution in [0.1, 0.15) is 19.8 Å². The Bertz CT molecular complexity index is 145. The van der Waals surface area contributed by atoms with Crippen molar-refractivity contribution in [2.24, 2.45) is 0 Å². The molecule has 0 radical (unpaired) electrons. The van der Waals surface area contributed by atoms with Crippen LogP contribution < -0.4 is 5.32 Å². The van der Waals surface area contributed by atoms with Crippen LogP contribution in [0, 0.1) is 0 Å². The molecule has 1 aliphatic rings. The second-order valence-electron chi connectivity index (χ2n) is 2.55. The summed E-state index contributed by atoms with van der Waals surface area (Å²) >= 11 is 0. The lowest BCUT2D eigenvalue weighted by Gasteiger charge is -2.02. The summed E-state index contributed by atoms with van der Waals surface area (Å²) in [5.74, 6) is 0.222. The Morgan fingerprint density at radius 2 is 2.50 bits per heavy atom. The third-order valence-electron chi connectivity index (χ3n) is 1.73. The molecule has 0 saturated carbocycles. The van der Waals surface area contributed by atoms with Gasteiger partial charge in [-0.15, -0.1) is 0 Å². The average molecular weight is 139 g/mol. The molecule has 56 valence electrons. The van der Waals surface area contributed by atoms with E-state index < -0.39 is 0 Å². The van der Waals surface area contributed by atoms with Crippen molar-refractivity contribution in [2.75, 3.05) is 6.54 Å². The van der Waals surface area contributed by atoms with Gasteiger partial charge in [-0.1, -0.05) is 6.08 Å². The van der Waals surface area contributed by atoms with Crippen molar-refractivity contribution in [3.8, 4) is 0 Å². The van der Waals surface area contributed by atoms with Crippen LogP contribution in [0.3, 0.4) is 0 Å². The van der Waals surface area contributed by atoms with Gasteiger partial charge in [0, 0.05) is 0 Å². The van der Waals surface area contributed by atoms with Crippen molar-refractivity contribution in [3.63, 3.8) is 0 Å². The van der Waals surface area contributed by atoms with E-state index in [4.69, 9.17) is 0 Å². The van der Waals surface area contributed by atoms with E-state index in [0.717, 1.165) is 19.4 Å². The Hall–Kier alpha value is -0.630. The van der Waals surface area contributed by atoms with Gasteiger partial charge in [-0.05, 0) is 32.4 Å². The number of carbonyl (C=O) groups excluding carboxylic acids is 1. The highest BCUT2D eigenvalue weighted by molar-refractivity contribution is 5.94. The van der Waals surface area contributed by atoms with E-state index >= 15 is 0 Å². The zero-order chi connectivity index (χ0) is 7.40. The zero-order valence-corrected chi connectivity index (χ0v) is 6.26. The van der Waals surface area contributed by atoms with Crippen LogP contribution in [0.25, 0.3) is 0 Å². The maximum absolute atomic E-state index is 11.1. The third-order valence-corrected chi connectivity index (χ3v) is 1.73. The van der Waals surface area contributed by atoms with Gasteiger partial charge >= 0.3 is 0 Å². The standard InChI is InChI=1S/C8H13NO/c1-2-4-8(10)7-5-3-6-9-7/h2,4,7,9H,3,5-6H2,1H3/b4-2+/t7-/m1/s1. The molecule has 1 heterocycles. The number of hydrogen-bond donors (Lipinski definition) is 1. The predicted molar refractivity (Wildman–Crippen MR) is 40.8 cm³/mol. The van der Waals surface area contributed by atoms with Crippen molar-refractivity contribution in [1.82, 2.24) is 5.32 Å². The molecule has 1 fully saturated rings. The fourth-order valence-corrected chi connectivity index (χ4v) is 1.21. The molecule has 2 nitrogen and oxygen atoms in total. The van der Waals surface area contributed by atoms with Crippen LogP contribution in [0.5, 0.6) is 0 Å². The van der Waals surface area contributed by atoms with Crippen molar-refractivity contribution < 1.29 is 4.79 Å². The van der Waals surface area contributed by atoms with Gasteiger partial charge in [-0.3, -0.25) is 4.79 Å². The predicted octanol–water partition coefficient (Wildman–Crippen LogP) is 0.884. The largest absolute Gasteiger partial charge is 0.307 e. The zero-order valence-electron chi connectivity index (χ0n) is 6.26. The molecule has 2 heteroatoms. The van der Waals surface area contributed by atoms with E-state index in [1.807, 2.05) is 6.92 Å². The van der Waals surface area contributed by atoms with E-state index in [2.05, 4.69) is 5.32 Å². The molecule has 1 rings (SSSR count). The van der Waals surface area contributed by atoms with Crippen LogP contribution in [0.2, 0.25) is 0 Å². The molecule has 0 aliphatic carbocycles. The first-order valence-electron chi connectivity index (χ1n) is 3.74. The first kappa shape index (κ1) is 7.48. The van der Waals surface area contributed by atoms with E-state index in [9.17, 15) is 4.79 Å². The lowest BCUT2D eigenvalue weighted by Crippen LogP contribution is -2.29. The number of hydrogen-bond acceptors (Lipinski definition) is 2. The third kappa shape index (κ3) is 1.67. The van der Waals surface area contributed by atoms with Crippen LogP contribution >= 0.6 is 0 Å². The fraction of sp³-hybridized carbons (Fsp3) is 0.625. The van der Waals surface area contributed by atoms with Crippen LogP contribution in [-0.4, -0.2) is 18.4 Å². The number of rotatable bonds is 2. The molecular formula is C8H13NO. The van der Waals surface area contributed by atoms with Crippen molar-refractivity contribution >= 4 is 5.78 Å². The van der Waals surface area contributed by atoms with Crippen molar-refractivity contribution in [3.05, 3.63) is 12.2 Å². The fourth-order valence-electron chi connectivity index (χ4n) is 1.21. The normalized spacial score (nSPS) is 25.9. The van der Waals surface area contributed by atoms with E-state index in [1.54, 1.807) is 12.2 Å². The van der Waals surface area contributed by atoms with Crippen LogP contribution in [-0.2, 0) is 4.79 Å². The lowest BCUT2D eigenvalue weighted by molar-refractivity contribution is -0.116. The van der Waals surface area contributed by atoms with Gasteiger partial charge in [0.15, 0.2) is 5.78 Å². The van der Waals surface area contributed by atoms with Gasteiger partial charge in [-0.25, -0.2) is 0 Å². The van der Waals surface area contributed by atoms with Crippen LogP contribution in [0.4, 0.5) is 0 Å². The molecule has 0 bridgehead atoms. The first-order chi connectivity index (χ1) is 4.84. The van der Waals surface area contributed by atoms with Gasteiger partial charge in [0.25, 0.3) is 0 Å². The molecule has 0 spiro atoms. The molecule has 1 N–H and O–H groups in total. The highest BCUT2D eigenvalue weighted by atomic mass is 16.1. The first-order valence-corrected chi connectivity index (χ1v) is 3.74. The SMILES string of the molecule is C/C=C/C(=O)[C@H]1CCCN1. The second kappa shape index (κ2) is 3.52. The van der Waals surface area contributed by atoms with E-state index in [0.29, 0.717) is 0 Å². The molecule has 10 heavy (non-hydrogen) atoms. The molecule has 0 aromatic carbocycles. The molecule has 1 atom stereocenters. The van der Waals surface area contributed by atoms with Gasteiger partial charge in [0.2, 0.25) is 0 Å². The smallest absolute Gasteiger partial charge is 0.172 e. The summed E-state index contributed by atoms with van der Waals surface area (Å²) in [4.78, 5) is 11.1. The monoisotopic (exact) mass is 139 g/mol. The van der Waals surface area contributed by atoms with Crippen LogP contribution in [0.15, 0.2) is 12.2 Å². The quantitative estimate of drug-likeness (QED) is 0.575. The number of allylic oxidation sites excluding steroid dienone is 1. The molecule has 0 aromatic heterocycles. The van der Waals surface area contributed by atoms with Crippen molar-refractivity contribution in [1.29, 1.82) is 0 Å². The van der Waals surface area contributed by atoms with E-state index in [-0.39, 0.29) is 11.8 Å². The average Bonchev–Trinajstić information content (AvgIpc) is 2.38. The second-order valence-corrected chi connectivity index (χ2v) is 2.55. The summed E-state index contributed by atoms with van der Waals surface area (Å²) in [6.07, 6.45) is 5.57. The minimum absolute atomic E-state index is 0.108. The highest BCUT2D eigenvalue weighted by Gasteiger charge is 2.18. The molecular weight excluding hydrogens is 126 g/mol.